The molecule has 2 aromatic carbocycles. The summed E-state index contributed by atoms with van der Waals surface area (Å²) in [5.74, 6) is 2.29. The van der Waals surface area contributed by atoms with Gasteiger partial charge in [-0.2, -0.15) is 0 Å². The summed E-state index contributed by atoms with van der Waals surface area (Å²) in [4.78, 5) is 6.36. The number of methoxy groups -OCH3 is 2. The maximum atomic E-state index is 5.43. The molecule has 0 aliphatic heterocycles. The summed E-state index contributed by atoms with van der Waals surface area (Å²) in [6.45, 7) is 1.31. The monoisotopic (exact) mass is 484 g/mol. The van der Waals surface area contributed by atoms with E-state index in [1.165, 1.54) is 11.3 Å². The van der Waals surface area contributed by atoms with Crippen LogP contribution in [0.1, 0.15) is 11.1 Å². The van der Waals surface area contributed by atoms with E-state index in [0.717, 1.165) is 23.0 Å². The van der Waals surface area contributed by atoms with E-state index in [9.17, 15) is 0 Å². The third kappa shape index (κ3) is 6.82. The first-order chi connectivity index (χ1) is 12.6. The molecule has 27 heavy (non-hydrogen) atoms. The number of rotatable bonds is 7. The Kier molecular flexibility index (Phi) is 9.77. The summed E-state index contributed by atoms with van der Waals surface area (Å²) in [6.07, 6.45) is 0. The Hall–Kier alpha value is -2.16. The topological polar surface area (TPSA) is 58.1 Å². The zero-order valence-electron chi connectivity index (χ0n) is 16.6. The molecule has 0 heterocycles. The SMILES string of the molecule is CN=C(NCc1ccc(N(C)C)cc1)NCc1ccc(OC)cc1OC.I. The van der Waals surface area contributed by atoms with E-state index in [1.54, 1.807) is 21.3 Å². The highest BCUT2D eigenvalue weighted by molar-refractivity contribution is 14.0. The number of aliphatic imine (C=N–C) groups is 1. The fourth-order valence-electron chi connectivity index (χ4n) is 2.50. The lowest BCUT2D eigenvalue weighted by Gasteiger charge is -2.15. The summed E-state index contributed by atoms with van der Waals surface area (Å²) < 4.78 is 10.7. The van der Waals surface area contributed by atoms with Crippen molar-refractivity contribution in [1.29, 1.82) is 0 Å². The predicted octanol–water partition coefficient (Wildman–Crippen LogP) is 3.25. The molecule has 0 aromatic heterocycles. The van der Waals surface area contributed by atoms with Gasteiger partial charge in [0.15, 0.2) is 5.96 Å². The van der Waals surface area contributed by atoms with Gasteiger partial charge in [0.25, 0.3) is 0 Å². The van der Waals surface area contributed by atoms with Crippen LogP contribution in [0.4, 0.5) is 5.69 Å². The van der Waals surface area contributed by atoms with Crippen molar-refractivity contribution in [2.24, 2.45) is 4.99 Å². The summed E-state index contributed by atoms with van der Waals surface area (Å²) in [5.41, 5.74) is 3.41. The van der Waals surface area contributed by atoms with E-state index in [2.05, 4.69) is 44.8 Å². The van der Waals surface area contributed by atoms with Crippen LogP contribution in [0.25, 0.3) is 0 Å². The first kappa shape index (κ1) is 22.9. The number of hydrogen-bond donors (Lipinski definition) is 2. The van der Waals surface area contributed by atoms with Gasteiger partial charge in [-0.05, 0) is 29.8 Å². The average molecular weight is 484 g/mol. The van der Waals surface area contributed by atoms with E-state index in [0.29, 0.717) is 13.1 Å². The smallest absolute Gasteiger partial charge is 0.191 e. The van der Waals surface area contributed by atoms with Crippen LogP contribution in [0.5, 0.6) is 11.5 Å². The van der Waals surface area contributed by atoms with Gasteiger partial charge in [-0.3, -0.25) is 4.99 Å². The number of halogens is 1. The zero-order valence-corrected chi connectivity index (χ0v) is 18.9. The van der Waals surface area contributed by atoms with Crippen molar-refractivity contribution in [2.75, 3.05) is 40.3 Å². The van der Waals surface area contributed by atoms with E-state index in [4.69, 9.17) is 9.47 Å². The van der Waals surface area contributed by atoms with Crippen molar-refractivity contribution >= 4 is 35.6 Å². The van der Waals surface area contributed by atoms with Crippen molar-refractivity contribution in [3.05, 3.63) is 53.6 Å². The van der Waals surface area contributed by atoms with Crippen LogP contribution in [0, 0.1) is 0 Å². The van der Waals surface area contributed by atoms with Crippen LogP contribution in [-0.2, 0) is 13.1 Å². The molecule has 0 radical (unpaired) electrons. The van der Waals surface area contributed by atoms with E-state index in [-0.39, 0.29) is 24.0 Å². The Morgan fingerprint density at radius 2 is 1.63 bits per heavy atom. The molecule has 0 saturated heterocycles. The molecule has 0 aliphatic rings. The summed E-state index contributed by atoms with van der Waals surface area (Å²) in [7, 11) is 9.13. The third-order valence-electron chi connectivity index (χ3n) is 4.08. The Balaban J connectivity index is 0.00000364. The molecule has 148 valence electrons. The molecule has 7 heteroatoms. The van der Waals surface area contributed by atoms with Gasteiger partial charge in [-0.15, -0.1) is 24.0 Å². The first-order valence-electron chi connectivity index (χ1n) is 8.49. The standard InChI is InChI=1S/C20H28N4O2.HI/c1-21-20(22-13-15-6-9-17(10-7-15)24(2)3)23-14-16-8-11-18(25-4)12-19(16)26-5;/h6-12H,13-14H2,1-5H3,(H2,21,22,23);1H. The minimum Gasteiger partial charge on any atom is -0.497 e. The van der Waals surface area contributed by atoms with Crippen LogP contribution in [0.15, 0.2) is 47.5 Å². The lowest BCUT2D eigenvalue weighted by atomic mass is 10.2. The summed E-state index contributed by atoms with van der Waals surface area (Å²) >= 11 is 0. The minimum absolute atomic E-state index is 0. The van der Waals surface area contributed by atoms with Crippen LogP contribution in [-0.4, -0.2) is 41.3 Å². The Morgan fingerprint density at radius 3 is 2.19 bits per heavy atom. The molecule has 2 N–H and O–H groups in total. The van der Waals surface area contributed by atoms with Crippen molar-refractivity contribution in [1.82, 2.24) is 10.6 Å². The van der Waals surface area contributed by atoms with E-state index < -0.39 is 0 Å². The Bertz CT molecular complexity index is 733. The van der Waals surface area contributed by atoms with E-state index >= 15 is 0 Å². The van der Waals surface area contributed by atoms with Crippen molar-refractivity contribution < 1.29 is 9.47 Å². The van der Waals surface area contributed by atoms with Crippen LogP contribution >= 0.6 is 24.0 Å². The lowest BCUT2D eigenvalue weighted by molar-refractivity contribution is 0.390. The molecular formula is C20H29IN4O2. The number of guanidine groups is 1. The predicted molar refractivity (Wildman–Crippen MR) is 123 cm³/mol. The number of hydrogen-bond acceptors (Lipinski definition) is 4. The van der Waals surface area contributed by atoms with E-state index in [1.807, 2.05) is 32.3 Å². The van der Waals surface area contributed by atoms with Gasteiger partial charge in [-0.1, -0.05) is 12.1 Å². The number of benzene rings is 2. The van der Waals surface area contributed by atoms with Crippen LogP contribution in [0.2, 0.25) is 0 Å². The fraction of sp³-hybridized carbons (Fsp3) is 0.350. The molecule has 6 nitrogen and oxygen atoms in total. The maximum Gasteiger partial charge on any atom is 0.191 e. The maximum absolute atomic E-state index is 5.43. The molecule has 0 saturated carbocycles. The Labute approximate surface area is 179 Å². The second kappa shape index (κ2) is 11.5. The lowest BCUT2D eigenvalue weighted by Crippen LogP contribution is -2.36. The van der Waals surface area contributed by atoms with Gasteiger partial charge in [0.1, 0.15) is 11.5 Å². The molecule has 0 aliphatic carbocycles. The number of nitrogens with one attached hydrogen (secondary N) is 2. The Morgan fingerprint density at radius 1 is 0.963 bits per heavy atom. The van der Waals surface area contributed by atoms with Gasteiger partial charge >= 0.3 is 0 Å². The third-order valence-corrected chi connectivity index (χ3v) is 4.08. The first-order valence-corrected chi connectivity index (χ1v) is 8.49. The number of nitrogens with zero attached hydrogens (tertiary/aromatic N) is 2. The number of anilines is 1. The quantitative estimate of drug-likeness (QED) is 0.359. The molecule has 2 rings (SSSR count). The molecule has 0 spiro atoms. The fourth-order valence-corrected chi connectivity index (χ4v) is 2.50. The second-order valence-corrected chi connectivity index (χ2v) is 6.02. The van der Waals surface area contributed by atoms with Crippen LogP contribution in [0.3, 0.4) is 0 Å². The van der Waals surface area contributed by atoms with Gasteiger partial charge in [-0.25, -0.2) is 0 Å². The minimum atomic E-state index is 0. The normalized spacial score (nSPS) is 10.6. The molecule has 0 unspecified atom stereocenters. The molecule has 0 fully saturated rings. The summed E-state index contributed by atoms with van der Waals surface area (Å²) in [6, 6.07) is 14.2. The molecule has 0 bridgehead atoms. The number of ether oxygens (including phenoxy) is 2. The van der Waals surface area contributed by atoms with Gasteiger partial charge < -0.3 is 25.0 Å². The largest absolute Gasteiger partial charge is 0.497 e. The van der Waals surface area contributed by atoms with Crippen molar-refractivity contribution in [3.63, 3.8) is 0 Å². The van der Waals surface area contributed by atoms with Crippen molar-refractivity contribution in [2.45, 2.75) is 13.1 Å². The van der Waals surface area contributed by atoms with Gasteiger partial charge in [0, 0.05) is 51.5 Å². The highest BCUT2D eigenvalue weighted by Gasteiger charge is 2.06. The zero-order chi connectivity index (χ0) is 18.9. The van der Waals surface area contributed by atoms with Crippen molar-refractivity contribution in [3.8, 4) is 11.5 Å². The average Bonchev–Trinajstić information content (AvgIpc) is 2.68. The summed E-state index contributed by atoms with van der Waals surface area (Å²) in [5, 5.41) is 6.63. The molecular weight excluding hydrogens is 455 g/mol. The van der Waals surface area contributed by atoms with Gasteiger partial charge in [0.05, 0.1) is 14.2 Å². The van der Waals surface area contributed by atoms with Crippen LogP contribution < -0.4 is 25.0 Å². The molecule has 0 amide bonds. The highest BCUT2D eigenvalue weighted by atomic mass is 127. The molecule has 2 aromatic rings. The highest BCUT2D eigenvalue weighted by Crippen LogP contribution is 2.24. The second-order valence-electron chi connectivity index (χ2n) is 6.02. The van der Waals surface area contributed by atoms with Gasteiger partial charge in [0.2, 0.25) is 0 Å². The molecule has 0 atom stereocenters.